The topological polar surface area (TPSA) is 76.4 Å². The highest BCUT2D eigenvalue weighted by Gasteiger charge is 2.29. The summed E-state index contributed by atoms with van der Waals surface area (Å²) in [6.45, 7) is 0. The van der Waals surface area contributed by atoms with Crippen LogP contribution in [0.25, 0.3) is 22.0 Å². The van der Waals surface area contributed by atoms with E-state index in [0.29, 0.717) is 22.0 Å². The minimum Gasteiger partial charge on any atom is -0.481 e. The summed E-state index contributed by atoms with van der Waals surface area (Å²) in [6, 6.07) is 18.1. The molecular formula is C23H17ClFNO4S. The van der Waals surface area contributed by atoms with E-state index in [0.717, 1.165) is 3.97 Å². The van der Waals surface area contributed by atoms with Gasteiger partial charge in [0.25, 0.3) is 10.0 Å². The van der Waals surface area contributed by atoms with Gasteiger partial charge in [0.1, 0.15) is 4.90 Å². The van der Waals surface area contributed by atoms with Crippen molar-refractivity contribution in [1.82, 2.24) is 3.97 Å². The number of carbonyl (C=O) groups is 1. The third kappa shape index (κ3) is 3.82. The maximum Gasteiger partial charge on any atom is 0.303 e. The highest BCUT2D eigenvalue weighted by atomic mass is 35.5. The first-order valence-corrected chi connectivity index (χ1v) is 11.2. The molecule has 0 aliphatic rings. The largest absolute Gasteiger partial charge is 0.481 e. The molecule has 1 aromatic heterocycles. The fourth-order valence-electron chi connectivity index (χ4n) is 3.59. The lowest BCUT2D eigenvalue weighted by molar-refractivity contribution is -0.136. The van der Waals surface area contributed by atoms with Crippen molar-refractivity contribution in [3.05, 3.63) is 89.3 Å². The molecule has 5 nitrogen and oxygen atoms in total. The van der Waals surface area contributed by atoms with Gasteiger partial charge >= 0.3 is 5.97 Å². The Kier molecular flexibility index (Phi) is 5.56. The first-order valence-electron chi connectivity index (χ1n) is 9.40. The lowest BCUT2D eigenvalue weighted by Crippen LogP contribution is -2.15. The van der Waals surface area contributed by atoms with Crippen molar-refractivity contribution >= 4 is 38.5 Å². The van der Waals surface area contributed by atoms with Crippen molar-refractivity contribution in [3.63, 3.8) is 0 Å². The molecule has 0 amide bonds. The van der Waals surface area contributed by atoms with Crippen LogP contribution in [0.3, 0.4) is 0 Å². The van der Waals surface area contributed by atoms with Crippen molar-refractivity contribution in [1.29, 1.82) is 0 Å². The molecule has 8 heteroatoms. The van der Waals surface area contributed by atoms with Gasteiger partial charge in [-0.1, -0.05) is 66.2 Å². The van der Waals surface area contributed by atoms with Crippen LogP contribution in [-0.2, 0) is 21.2 Å². The van der Waals surface area contributed by atoms with E-state index < -0.39 is 26.7 Å². The molecule has 0 saturated heterocycles. The number of hydrogen-bond donors (Lipinski definition) is 1. The Labute approximate surface area is 183 Å². The number of aryl methyl sites for hydroxylation is 1. The Bertz CT molecular complexity index is 1400. The van der Waals surface area contributed by atoms with E-state index in [9.17, 15) is 13.2 Å². The van der Waals surface area contributed by atoms with Crippen LogP contribution in [0.1, 0.15) is 12.0 Å². The normalized spacial score (nSPS) is 11.7. The molecule has 31 heavy (non-hydrogen) atoms. The minimum absolute atomic E-state index is 0.141. The molecule has 1 heterocycles. The minimum atomic E-state index is -4.41. The fourth-order valence-corrected chi connectivity index (χ4v) is 5.48. The Hall–Kier alpha value is -3.16. The number of hydrogen-bond acceptors (Lipinski definition) is 3. The summed E-state index contributed by atoms with van der Waals surface area (Å²) in [5, 5.41) is 9.32. The number of aromatic nitrogens is 1. The van der Waals surface area contributed by atoms with Gasteiger partial charge in [-0.15, -0.1) is 0 Å². The number of aliphatic carboxylic acids is 1. The maximum atomic E-state index is 15.2. The maximum absolute atomic E-state index is 15.2. The third-order valence-corrected chi connectivity index (χ3v) is 7.05. The summed E-state index contributed by atoms with van der Waals surface area (Å²) < 4.78 is 43.6. The molecule has 0 fully saturated rings. The zero-order valence-corrected chi connectivity index (χ0v) is 17.7. The molecule has 1 N–H and O–H groups in total. The van der Waals surface area contributed by atoms with Crippen molar-refractivity contribution in [2.24, 2.45) is 0 Å². The number of fused-ring (bicyclic) bond motifs is 1. The van der Waals surface area contributed by atoms with E-state index in [2.05, 4.69) is 0 Å². The number of benzene rings is 3. The molecule has 4 aromatic rings. The molecule has 0 saturated carbocycles. The number of carboxylic acids is 1. The molecule has 4 rings (SSSR count). The van der Waals surface area contributed by atoms with Crippen LogP contribution < -0.4 is 0 Å². The van der Waals surface area contributed by atoms with Gasteiger partial charge < -0.3 is 5.11 Å². The summed E-state index contributed by atoms with van der Waals surface area (Å²) in [5.74, 6) is -2.03. The summed E-state index contributed by atoms with van der Waals surface area (Å²) in [5.41, 5.74) is 1.60. The second-order valence-corrected chi connectivity index (χ2v) is 9.13. The second kappa shape index (κ2) is 8.17. The first-order chi connectivity index (χ1) is 14.8. The summed E-state index contributed by atoms with van der Waals surface area (Å²) in [7, 11) is -4.41. The zero-order valence-electron chi connectivity index (χ0n) is 16.1. The Morgan fingerprint density at radius 2 is 1.68 bits per heavy atom. The third-order valence-electron chi connectivity index (χ3n) is 5.02. The number of halogens is 2. The molecule has 0 radical (unpaired) electrons. The van der Waals surface area contributed by atoms with Crippen LogP contribution in [0.15, 0.2) is 77.8 Å². The fraction of sp³-hybridized carbons (Fsp3) is 0.0870. The molecule has 0 spiro atoms. The smallest absolute Gasteiger partial charge is 0.303 e. The monoisotopic (exact) mass is 457 g/mol. The van der Waals surface area contributed by atoms with Gasteiger partial charge in [-0.05, 0) is 29.7 Å². The quantitative estimate of drug-likeness (QED) is 0.423. The Balaban J connectivity index is 1.98. The van der Waals surface area contributed by atoms with Crippen molar-refractivity contribution < 1.29 is 22.7 Å². The van der Waals surface area contributed by atoms with Gasteiger partial charge in [0.2, 0.25) is 0 Å². The molecule has 0 atom stereocenters. The second-order valence-electron chi connectivity index (χ2n) is 6.97. The lowest BCUT2D eigenvalue weighted by Gasteiger charge is -2.14. The number of carboxylic acid groups (broad SMARTS) is 1. The summed E-state index contributed by atoms with van der Waals surface area (Å²) >= 11 is 5.96. The van der Waals surface area contributed by atoms with Gasteiger partial charge in [-0.3, -0.25) is 4.79 Å². The molecular weight excluding hydrogens is 441 g/mol. The Morgan fingerprint density at radius 3 is 2.39 bits per heavy atom. The van der Waals surface area contributed by atoms with Crippen molar-refractivity contribution in [3.8, 4) is 11.1 Å². The predicted octanol–water partition coefficient (Wildman–Crippen LogP) is 5.36. The number of nitrogens with zero attached hydrogens (tertiary/aromatic N) is 1. The van der Waals surface area contributed by atoms with Gasteiger partial charge in [-0.2, -0.15) is 0 Å². The number of para-hydroxylation sites is 1. The lowest BCUT2D eigenvalue weighted by atomic mass is 10.1. The number of rotatable bonds is 6. The van der Waals surface area contributed by atoms with E-state index in [-0.39, 0.29) is 23.4 Å². The summed E-state index contributed by atoms with van der Waals surface area (Å²) in [6.07, 6.45) is 1.34. The van der Waals surface area contributed by atoms with Crippen LogP contribution in [0.4, 0.5) is 4.39 Å². The predicted molar refractivity (Wildman–Crippen MR) is 117 cm³/mol. The average molecular weight is 458 g/mol. The molecule has 0 bridgehead atoms. The van der Waals surface area contributed by atoms with Gasteiger partial charge in [0, 0.05) is 23.6 Å². The van der Waals surface area contributed by atoms with Gasteiger partial charge in [-0.25, -0.2) is 16.8 Å². The van der Waals surface area contributed by atoms with Gasteiger partial charge in [0.15, 0.2) is 5.82 Å². The zero-order chi connectivity index (χ0) is 22.2. The van der Waals surface area contributed by atoms with Crippen molar-refractivity contribution in [2.75, 3.05) is 0 Å². The van der Waals surface area contributed by atoms with E-state index in [1.807, 2.05) is 0 Å². The molecule has 0 aliphatic carbocycles. The van der Waals surface area contributed by atoms with E-state index in [4.69, 9.17) is 16.7 Å². The SMILES string of the molecule is O=C(O)CCc1cn(S(=O)(=O)c2c(-c3ccccc3)ccc(Cl)c2F)c2ccccc12. The Morgan fingerprint density at radius 1 is 1.00 bits per heavy atom. The average Bonchev–Trinajstić information content (AvgIpc) is 3.14. The van der Waals surface area contributed by atoms with Crippen LogP contribution >= 0.6 is 11.6 Å². The standard InChI is InChI=1S/C23H17ClFNO4S/c24-19-12-11-18(15-6-2-1-3-7-15)23(22(19)25)31(29,30)26-14-16(10-13-21(27)28)17-8-4-5-9-20(17)26/h1-9,11-12,14H,10,13H2,(H,27,28). The molecule has 0 aliphatic heterocycles. The van der Waals surface area contributed by atoms with Crippen LogP contribution in [-0.4, -0.2) is 23.5 Å². The molecule has 3 aromatic carbocycles. The van der Waals surface area contributed by atoms with E-state index >= 15 is 4.39 Å². The highest BCUT2D eigenvalue weighted by Crippen LogP contribution is 2.36. The van der Waals surface area contributed by atoms with Crippen LogP contribution in [0, 0.1) is 5.82 Å². The molecule has 0 unspecified atom stereocenters. The van der Waals surface area contributed by atoms with Crippen LogP contribution in [0.5, 0.6) is 0 Å². The first kappa shape index (κ1) is 21.1. The molecule has 158 valence electrons. The summed E-state index contributed by atoms with van der Waals surface area (Å²) in [4.78, 5) is 10.5. The van der Waals surface area contributed by atoms with E-state index in [1.165, 1.54) is 18.3 Å². The van der Waals surface area contributed by atoms with Crippen molar-refractivity contribution in [2.45, 2.75) is 17.7 Å². The van der Waals surface area contributed by atoms with Gasteiger partial charge in [0.05, 0.1) is 10.5 Å². The highest BCUT2D eigenvalue weighted by molar-refractivity contribution is 7.90. The van der Waals surface area contributed by atoms with E-state index in [1.54, 1.807) is 54.6 Å². The van der Waals surface area contributed by atoms with Crippen LogP contribution in [0.2, 0.25) is 5.02 Å².